The van der Waals surface area contributed by atoms with Gasteiger partial charge >= 0.3 is 0 Å². The number of anilines is 1. The Morgan fingerprint density at radius 2 is 1.88 bits per heavy atom. The number of aromatic nitrogens is 2. The largest absolute Gasteiger partial charge is 0.507 e. The maximum absolute atomic E-state index is 9.96. The van der Waals surface area contributed by atoms with Crippen LogP contribution in [0.1, 0.15) is 0 Å². The lowest BCUT2D eigenvalue weighted by Gasteiger charge is -2.05. The van der Waals surface area contributed by atoms with Gasteiger partial charge in [0.05, 0.1) is 11.0 Å². The van der Waals surface area contributed by atoms with Gasteiger partial charge in [0.25, 0.3) is 0 Å². The summed E-state index contributed by atoms with van der Waals surface area (Å²) >= 11 is 0. The molecule has 0 radical (unpaired) electrons. The van der Waals surface area contributed by atoms with Crippen LogP contribution >= 0.6 is 0 Å². The van der Waals surface area contributed by atoms with Crippen LogP contribution in [0.4, 0.5) is 5.95 Å². The predicted octanol–water partition coefficient (Wildman–Crippen LogP) is 2.49. The predicted molar refractivity (Wildman–Crippen MR) is 69.6 cm³/mol. The van der Waals surface area contributed by atoms with Crippen LogP contribution in [0.3, 0.4) is 0 Å². The molecule has 0 bridgehead atoms. The first-order valence-electron chi connectivity index (χ1n) is 5.44. The maximum Gasteiger partial charge on any atom is 0.203 e. The number of rotatable bonds is 1. The van der Waals surface area contributed by atoms with Crippen molar-refractivity contribution < 1.29 is 5.11 Å². The van der Waals surface area contributed by atoms with Crippen molar-refractivity contribution in [1.82, 2.24) is 9.97 Å². The molecule has 2 N–H and O–H groups in total. The van der Waals surface area contributed by atoms with Crippen molar-refractivity contribution >= 4 is 27.8 Å². The van der Waals surface area contributed by atoms with Gasteiger partial charge in [-0.2, -0.15) is 0 Å². The topological polar surface area (TPSA) is 52.1 Å². The average molecular weight is 227 g/mol. The second-order valence-corrected chi connectivity index (χ2v) is 4.29. The molecule has 0 spiro atoms. The molecule has 0 atom stereocenters. The van der Waals surface area contributed by atoms with Crippen LogP contribution in [0, 0.1) is 0 Å². The third-order valence-corrected chi connectivity index (χ3v) is 2.88. The monoisotopic (exact) mass is 227 g/mol. The van der Waals surface area contributed by atoms with E-state index in [2.05, 4.69) is 9.97 Å². The van der Waals surface area contributed by atoms with Gasteiger partial charge in [-0.3, -0.25) is 0 Å². The first kappa shape index (κ1) is 9.96. The summed E-state index contributed by atoms with van der Waals surface area (Å²) < 4.78 is 0. The van der Waals surface area contributed by atoms with E-state index in [1.807, 2.05) is 43.3 Å². The number of aromatic hydroxyl groups is 1. The van der Waals surface area contributed by atoms with Crippen LogP contribution in [0.15, 0.2) is 30.3 Å². The number of phenols is 1. The molecule has 4 heteroatoms. The van der Waals surface area contributed by atoms with E-state index in [-0.39, 0.29) is 5.75 Å². The molecule has 86 valence electrons. The van der Waals surface area contributed by atoms with E-state index in [1.165, 1.54) is 0 Å². The number of hydrogen-bond acceptors (Lipinski definition) is 3. The number of H-pyrrole nitrogens is 1. The fraction of sp³-hybridized carbons (Fsp3) is 0.154. The molecule has 3 aromatic rings. The van der Waals surface area contributed by atoms with Crippen molar-refractivity contribution in [2.45, 2.75) is 0 Å². The van der Waals surface area contributed by atoms with Gasteiger partial charge in [-0.05, 0) is 0 Å². The molecule has 0 fully saturated rings. The highest BCUT2D eigenvalue weighted by molar-refractivity contribution is 6.07. The molecule has 2 aromatic carbocycles. The van der Waals surface area contributed by atoms with E-state index < -0.39 is 0 Å². The smallest absolute Gasteiger partial charge is 0.203 e. The summed E-state index contributed by atoms with van der Waals surface area (Å²) in [6.45, 7) is 0. The minimum Gasteiger partial charge on any atom is -0.507 e. The number of aromatic amines is 1. The van der Waals surface area contributed by atoms with Crippen LogP contribution in [-0.2, 0) is 0 Å². The highest BCUT2D eigenvalue weighted by Gasteiger charge is 2.10. The van der Waals surface area contributed by atoms with E-state index in [9.17, 15) is 5.11 Å². The molecule has 0 unspecified atom stereocenters. The Kier molecular flexibility index (Phi) is 1.98. The molecule has 1 aromatic heterocycles. The summed E-state index contributed by atoms with van der Waals surface area (Å²) in [6, 6.07) is 9.45. The van der Waals surface area contributed by atoms with E-state index in [1.54, 1.807) is 6.07 Å². The quantitative estimate of drug-likeness (QED) is 0.671. The average Bonchev–Trinajstić information content (AvgIpc) is 2.73. The number of fused-ring (bicyclic) bond motifs is 3. The Balaban J connectivity index is 2.46. The Bertz CT molecular complexity index is 700. The maximum atomic E-state index is 9.96. The highest BCUT2D eigenvalue weighted by Crippen LogP contribution is 2.32. The lowest BCUT2D eigenvalue weighted by molar-refractivity contribution is 0.482. The molecule has 4 nitrogen and oxygen atoms in total. The number of nitrogens with zero attached hydrogens (tertiary/aromatic N) is 2. The molecular formula is C13H13N3O. The van der Waals surface area contributed by atoms with E-state index in [4.69, 9.17) is 0 Å². The van der Waals surface area contributed by atoms with Gasteiger partial charge in [-0.15, -0.1) is 0 Å². The van der Waals surface area contributed by atoms with Crippen LogP contribution in [-0.4, -0.2) is 29.2 Å². The number of imidazole rings is 1. The second kappa shape index (κ2) is 3.38. The lowest BCUT2D eigenvalue weighted by Crippen LogP contribution is -2.09. The molecule has 3 rings (SSSR count). The van der Waals surface area contributed by atoms with Crippen molar-refractivity contribution in [3.05, 3.63) is 30.3 Å². The first-order chi connectivity index (χ1) is 8.16. The first-order valence-corrected chi connectivity index (χ1v) is 5.44. The number of nitrogens with one attached hydrogen (secondary N) is 1. The van der Waals surface area contributed by atoms with E-state index in [0.717, 1.165) is 27.8 Å². The zero-order valence-corrected chi connectivity index (χ0v) is 9.73. The Morgan fingerprint density at radius 1 is 1.18 bits per heavy atom. The summed E-state index contributed by atoms with van der Waals surface area (Å²) in [4.78, 5) is 9.63. The van der Waals surface area contributed by atoms with Gasteiger partial charge in [0.15, 0.2) is 0 Å². The SMILES string of the molecule is CN(C)c1nc2c(cc(O)c3ccccc32)[nH]1. The zero-order chi connectivity index (χ0) is 12.0. The summed E-state index contributed by atoms with van der Waals surface area (Å²) in [5.74, 6) is 1.07. The van der Waals surface area contributed by atoms with Crippen molar-refractivity contribution in [2.24, 2.45) is 0 Å². The van der Waals surface area contributed by atoms with Gasteiger partial charge in [-0.25, -0.2) is 4.98 Å². The third-order valence-electron chi connectivity index (χ3n) is 2.88. The van der Waals surface area contributed by atoms with Crippen LogP contribution in [0.25, 0.3) is 21.8 Å². The third kappa shape index (κ3) is 1.41. The van der Waals surface area contributed by atoms with Gasteiger partial charge in [0.1, 0.15) is 5.75 Å². The van der Waals surface area contributed by atoms with E-state index >= 15 is 0 Å². The van der Waals surface area contributed by atoms with Gasteiger partial charge < -0.3 is 15.0 Å². The minimum atomic E-state index is 0.280. The van der Waals surface area contributed by atoms with Crippen LogP contribution < -0.4 is 4.90 Å². The molecule has 0 saturated carbocycles. The van der Waals surface area contributed by atoms with Crippen LogP contribution in [0.5, 0.6) is 5.75 Å². The lowest BCUT2D eigenvalue weighted by atomic mass is 10.1. The summed E-state index contributed by atoms with van der Waals surface area (Å²) in [5.41, 5.74) is 1.74. The van der Waals surface area contributed by atoms with Gasteiger partial charge in [0.2, 0.25) is 5.95 Å². The van der Waals surface area contributed by atoms with Crippen LogP contribution in [0.2, 0.25) is 0 Å². The molecule has 0 aliphatic carbocycles. The molecule has 0 aliphatic rings. The van der Waals surface area contributed by atoms with Crippen molar-refractivity contribution in [2.75, 3.05) is 19.0 Å². The van der Waals surface area contributed by atoms with Crippen molar-refractivity contribution in [3.63, 3.8) is 0 Å². The molecule has 17 heavy (non-hydrogen) atoms. The summed E-state index contributed by atoms with van der Waals surface area (Å²) in [6.07, 6.45) is 0. The summed E-state index contributed by atoms with van der Waals surface area (Å²) in [5, 5.41) is 11.8. The Labute approximate surface area is 98.5 Å². The van der Waals surface area contributed by atoms with Gasteiger partial charge in [0, 0.05) is 30.9 Å². The molecular weight excluding hydrogens is 214 g/mol. The molecule has 0 aliphatic heterocycles. The number of hydrogen-bond donors (Lipinski definition) is 2. The van der Waals surface area contributed by atoms with Crippen molar-refractivity contribution in [3.8, 4) is 5.75 Å². The zero-order valence-electron chi connectivity index (χ0n) is 9.73. The molecule has 0 saturated heterocycles. The minimum absolute atomic E-state index is 0.280. The normalized spacial score (nSPS) is 11.2. The van der Waals surface area contributed by atoms with E-state index in [0.29, 0.717) is 0 Å². The Morgan fingerprint density at radius 3 is 2.59 bits per heavy atom. The van der Waals surface area contributed by atoms with Crippen molar-refractivity contribution in [1.29, 1.82) is 0 Å². The Hall–Kier alpha value is -2.23. The molecule has 0 amide bonds. The molecule has 1 heterocycles. The standard InChI is InChI=1S/C13H13N3O/c1-16(2)13-14-10-7-11(17)8-5-3-4-6-9(8)12(10)15-13/h3-7,17H,1-2H3,(H,14,15). The fourth-order valence-corrected chi connectivity index (χ4v) is 2.02. The highest BCUT2D eigenvalue weighted by atomic mass is 16.3. The second-order valence-electron chi connectivity index (χ2n) is 4.29. The number of phenolic OH excluding ortho intramolecular Hbond substituents is 1. The fourth-order valence-electron chi connectivity index (χ4n) is 2.02. The van der Waals surface area contributed by atoms with Gasteiger partial charge in [-0.1, -0.05) is 24.3 Å². The number of benzene rings is 2. The summed E-state index contributed by atoms with van der Waals surface area (Å²) in [7, 11) is 3.86.